The van der Waals surface area contributed by atoms with Gasteiger partial charge < -0.3 is 15.4 Å². The summed E-state index contributed by atoms with van der Waals surface area (Å²) < 4.78 is 5.43. The Morgan fingerprint density at radius 3 is 3.05 bits per heavy atom. The van der Waals surface area contributed by atoms with Crippen LogP contribution in [0.5, 0.6) is 0 Å². The van der Waals surface area contributed by atoms with Gasteiger partial charge in [0.1, 0.15) is 0 Å². The van der Waals surface area contributed by atoms with Crippen molar-refractivity contribution in [2.24, 2.45) is 5.92 Å². The molecule has 1 aliphatic rings. The lowest BCUT2D eigenvalue weighted by molar-refractivity contribution is -0.130. The molecule has 0 radical (unpaired) electrons. The zero-order valence-electron chi connectivity index (χ0n) is 11.3. The Labute approximate surface area is 113 Å². The molecule has 1 aromatic rings. The largest absolute Gasteiger partial charge is 0.397 e. The highest BCUT2D eigenvalue weighted by Gasteiger charge is 2.19. The quantitative estimate of drug-likeness (QED) is 0.883. The molecule has 0 bridgehead atoms. The van der Waals surface area contributed by atoms with Crippen molar-refractivity contribution < 1.29 is 9.53 Å². The molecule has 104 valence electrons. The fourth-order valence-electron chi connectivity index (χ4n) is 2.27. The molecular weight excluding hydrogens is 242 g/mol. The van der Waals surface area contributed by atoms with Crippen LogP contribution in [0.25, 0.3) is 0 Å². The molecule has 1 aliphatic heterocycles. The predicted octanol–water partition coefficient (Wildman–Crippen LogP) is 1.09. The number of carbonyl (C=O) groups is 1. The second-order valence-electron chi connectivity index (χ2n) is 5.12. The maximum atomic E-state index is 12.1. The summed E-state index contributed by atoms with van der Waals surface area (Å²) in [4.78, 5) is 18.0. The van der Waals surface area contributed by atoms with Gasteiger partial charge in [0.05, 0.1) is 24.9 Å². The van der Waals surface area contributed by atoms with Crippen LogP contribution in [0.2, 0.25) is 0 Å². The Kier molecular flexibility index (Phi) is 4.74. The number of anilines is 1. The van der Waals surface area contributed by atoms with E-state index in [0.717, 1.165) is 38.3 Å². The molecular formula is C14H21N3O2. The molecule has 5 nitrogen and oxygen atoms in total. The van der Waals surface area contributed by atoms with E-state index < -0.39 is 0 Å². The van der Waals surface area contributed by atoms with Gasteiger partial charge in [-0.3, -0.25) is 9.78 Å². The summed E-state index contributed by atoms with van der Waals surface area (Å²) >= 11 is 0. The summed E-state index contributed by atoms with van der Waals surface area (Å²) in [6.07, 6.45) is 4.13. The summed E-state index contributed by atoms with van der Waals surface area (Å²) in [5.41, 5.74) is 6.94. The van der Waals surface area contributed by atoms with Crippen molar-refractivity contribution in [1.29, 1.82) is 0 Å². The van der Waals surface area contributed by atoms with Gasteiger partial charge in [-0.05, 0) is 30.9 Å². The molecule has 2 rings (SSSR count). The van der Waals surface area contributed by atoms with Crippen molar-refractivity contribution in [3.05, 3.63) is 24.0 Å². The van der Waals surface area contributed by atoms with Crippen molar-refractivity contribution in [3.8, 4) is 0 Å². The van der Waals surface area contributed by atoms with Crippen LogP contribution < -0.4 is 5.73 Å². The second-order valence-corrected chi connectivity index (χ2v) is 5.12. The number of pyridine rings is 1. The number of nitrogens with zero attached hydrogens (tertiary/aromatic N) is 2. The van der Waals surface area contributed by atoms with Crippen molar-refractivity contribution in [2.45, 2.75) is 19.3 Å². The topological polar surface area (TPSA) is 68.5 Å². The molecule has 1 atom stereocenters. The fourth-order valence-corrected chi connectivity index (χ4v) is 2.27. The van der Waals surface area contributed by atoms with Crippen molar-refractivity contribution in [1.82, 2.24) is 9.88 Å². The molecule has 0 aromatic carbocycles. The molecule has 1 unspecified atom stereocenters. The summed E-state index contributed by atoms with van der Waals surface area (Å²) in [7, 11) is 1.84. The third kappa shape index (κ3) is 4.21. The maximum absolute atomic E-state index is 12.1. The van der Waals surface area contributed by atoms with Crippen LogP contribution >= 0.6 is 0 Å². The summed E-state index contributed by atoms with van der Waals surface area (Å²) in [6.45, 7) is 2.37. The normalized spacial score (nSPS) is 19.1. The average molecular weight is 263 g/mol. The molecule has 1 fully saturated rings. The highest BCUT2D eigenvalue weighted by molar-refractivity contribution is 5.78. The zero-order chi connectivity index (χ0) is 13.7. The number of likely N-dealkylation sites (N-methyl/N-ethyl adjacent to an activating group) is 1. The van der Waals surface area contributed by atoms with E-state index >= 15 is 0 Å². The first kappa shape index (κ1) is 13.8. The average Bonchev–Trinajstić information content (AvgIpc) is 2.42. The lowest BCUT2D eigenvalue weighted by Crippen LogP contribution is -2.36. The number of carbonyl (C=O) groups excluding carboxylic acids is 1. The number of nitrogens with two attached hydrogens (primary N) is 1. The number of rotatable bonds is 4. The van der Waals surface area contributed by atoms with Crippen LogP contribution in [0.4, 0.5) is 5.69 Å². The Hall–Kier alpha value is -1.62. The molecule has 0 spiro atoms. The van der Waals surface area contributed by atoms with E-state index in [0.29, 0.717) is 18.0 Å². The number of ether oxygens (including phenoxy) is 1. The standard InChI is InChI=1S/C14H21N3O2/c1-17(9-11-3-2-6-19-10-11)14(18)7-13-5-4-12(15)8-16-13/h4-5,8,11H,2-3,6-7,9-10,15H2,1H3. The van der Waals surface area contributed by atoms with Gasteiger partial charge >= 0.3 is 0 Å². The first-order valence-corrected chi connectivity index (χ1v) is 6.67. The zero-order valence-corrected chi connectivity index (χ0v) is 11.3. The second kappa shape index (κ2) is 6.52. The van der Waals surface area contributed by atoms with Crippen molar-refractivity contribution in [3.63, 3.8) is 0 Å². The molecule has 19 heavy (non-hydrogen) atoms. The number of aromatic nitrogens is 1. The number of hydrogen-bond donors (Lipinski definition) is 1. The van der Waals surface area contributed by atoms with Gasteiger partial charge in [-0.1, -0.05) is 0 Å². The van der Waals surface area contributed by atoms with Crippen LogP contribution in [-0.4, -0.2) is 42.6 Å². The van der Waals surface area contributed by atoms with E-state index in [-0.39, 0.29) is 5.91 Å². The summed E-state index contributed by atoms with van der Waals surface area (Å²) in [5, 5.41) is 0. The van der Waals surface area contributed by atoms with E-state index in [4.69, 9.17) is 10.5 Å². The van der Waals surface area contributed by atoms with E-state index in [1.807, 2.05) is 7.05 Å². The first-order valence-electron chi connectivity index (χ1n) is 6.67. The highest BCUT2D eigenvalue weighted by atomic mass is 16.5. The van der Waals surface area contributed by atoms with Crippen molar-refractivity contribution >= 4 is 11.6 Å². The Balaban J connectivity index is 1.83. The molecule has 2 heterocycles. The molecule has 1 saturated heterocycles. The maximum Gasteiger partial charge on any atom is 0.228 e. The molecule has 2 N–H and O–H groups in total. The minimum atomic E-state index is 0.0860. The van der Waals surface area contributed by atoms with Crippen LogP contribution in [0.1, 0.15) is 18.5 Å². The summed E-state index contributed by atoms with van der Waals surface area (Å²) in [5.74, 6) is 0.546. The molecule has 1 aromatic heterocycles. The minimum absolute atomic E-state index is 0.0860. The van der Waals surface area contributed by atoms with E-state index in [1.54, 1.807) is 23.2 Å². The molecule has 1 amide bonds. The SMILES string of the molecule is CN(CC1CCCOC1)C(=O)Cc1ccc(N)cn1. The lowest BCUT2D eigenvalue weighted by atomic mass is 10.0. The molecule has 5 heteroatoms. The first-order chi connectivity index (χ1) is 9.15. The third-order valence-corrected chi connectivity index (χ3v) is 3.39. The van der Waals surface area contributed by atoms with Gasteiger partial charge in [0.2, 0.25) is 5.91 Å². The molecule has 0 saturated carbocycles. The molecule has 0 aliphatic carbocycles. The van der Waals surface area contributed by atoms with Gasteiger partial charge in [0.15, 0.2) is 0 Å². The van der Waals surface area contributed by atoms with Gasteiger partial charge in [-0.25, -0.2) is 0 Å². The number of amides is 1. The van der Waals surface area contributed by atoms with E-state index in [1.165, 1.54) is 0 Å². The number of nitrogen functional groups attached to an aromatic ring is 1. The summed E-state index contributed by atoms with van der Waals surface area (Å²) in [6, 6.07) is 3.56. The smallest absolute Gasteiger partial charge is 0.228 e. The monoisotopic (exact) mass is 263 g/mol. The van der Waals surface area contributed by atoms with Gasteiger partial charge in [0.25, 0.3) is 0 Å². The van der Waals surface area contributed by atoms with Crippen molar-refractivity contribution in [2.75, 3.05) is 32.5 Å². The van der Waals surface area contributed by atoms with Crippen LogP contribution in [0.15, 0.2) is 18.3 Å². The predicted molar refractivity (Wildman–Crippen MR) is 73.5 cm³/mol. The van der Waals surface area contributed by atoms with Gasteiger partial charge in [0, 0.05) is 25.9 Å². The van der Waals surface area contributed by atoms with Crippen LogP contribution in [0.3, 0.4) is 0 Å². The Morgan fingerprint density at radius 2 is 2.42 bits per heavy atom. The van der Waals surface area contributed by atoms with E-state index in [9.17, 15) is 4.79 Å². The highest BCUT2D eigenvalue weighted by Crippen LogP contribution is 2.14. The van der Waals surface area contributed by atoms with E-state index in [2.05, 4.69) is 4.98 Å². The van der Waals surface area contributed by atoms with Gasteiger partial charge in [-0.2, -0.15) is 0 Å². The van der Waals surface area contributed by atoms with Gasteiger partial charge in [-0.15, -0.1) is 0 Å². The van der Waals surface area contributed by atoms with Crippen LogP contribution in [-0.2, 0) is 16.0 Å². The Bertz CT molecular complexity index is 413. The lowest BCUT2D eigenvalue weighted by Gasteiger charge is -2.27. The third-order valence-electron chi connectivity index (χ3n) is 3.39. The Morgan fingerprint density at radius 1 is 1.58 bits per heavy atom. The number of hydrogen-bond acceptors (Lipinski definition) is 4. The van der Waals surface area contributed by atoms with Crippen LogP contribution in [0, 0.1) is 5.92 Å². The minimum Gasteiger partial charge on any atom is -0.397 e. The fraction of sp³-hybridized carbons (Fsp3) is 0.571.